The summed E-state index contributed by atoms with van der Waals surface area (Å²) >= 11 is 0. The van der Waals surface area contributed by atoms with E-state index >= 15 is 0 Å². The third-order valence-electron chi connectivity index (χ3n) is 3.70. The second kappa shape index (κ2) is 9.96. The number of hydrogen-bond acceptors (Lipinski definition) is 4. The molecule has 2 N–H and O–H groups in total. The van der Waals surface area contributed by atoms with E-state index in [2.05, 4.69) is 15.6 Å². The van der Waals surface area contributed by atoms with Crippen molar-refractivity contribution in [1.29, 1.82) is 0 Å². The summed E-state index contributed by atoms with van der Waals surface area (Å²) in [6, 6.07) is 16.5. The fraction of sp³-hybridized carbons (Fsp3) is 0.250. The van der Waals surface area contributed by atoms with Crippen LogP contribution in [0.5, 0.6) is 0 Å². The van der Waals surface area contributed by atoms with Gasteiger partial charge >= 0.3 is 6.09 Å². The molecule has 0 unspecified atom stereocenters. The lowest BCUT2D eigenvalue weighted by Crippen LogP contribution is -2.33. The summed E-state index contributed by atoms with van der Waals surface area (Å²) in [6.07, 6.45) is -0.641. The van der Waals surface area contributed by atoms with E-state index in [-0.39, 0.29) is 19.1 Å². The van der Waals surface area contributed by atoms with Gasteiger partial charge in [0.1, 0.15) is 19.0 Å². The first-order valence-corrected chi connectivity index (χ1v) is 8.51. The summed E-state index contributed by atoms with van der Waals surface area (Å²) in [5.41, 5.74) is 2.30. The van der Waals surface area contributed by atoms with Crippen molar-refractivity contribution in [2.24, 2.45) is 4.99 Å². The average Bonchev–Trinajstić information content (AvgIpc) is 2.67. The van der Waals surface area contributed by atoms with E-state index in [1.165, 1.54) is 0 Å². The van der Waals surface area contributed by atoms with Crippen LogP contribution in [-0.2, 0) is 16.1 Å². The molecule has 142 valence electrons. The molecular weight excluding hydrogens is 344 g/mol. The van der Waals surface area contributed by atoms with E-state index in [4.69, 9.17) is 4.74 Å². The maximum atomic E-state index is 11.9. The number of ether oxygens (including phenoxy) is 1. The van der Waals surface area contributed by atoms with Crippen LogP contribution in [0, 0.1) is 0 Å². The SMILES string of the molecule is CC(=Nc1ccc(NC(=O)CNC(=O)OCc2ccccc2)cc1)N(C)C. The number of aliphatic imine (C=N–C) groups is 1. The van der Waals surface area contributed by atoms with Gasteiger partial charge in [-0.1, -0.05) is 30.3 Å². The number of anilines is 1. The average molecular weight is 368 g/mol. The van der Waals surface area contributed by atoms with Gasteiger partial charge in [-0.25, -0.2) is 9.79 Å². The van der Waals surface area contributed by atoms with Gasteiger partial charge < -0.3 is 20.3 Å². The number of hydrogen-bond donors (Lipinski definition) is 2. The number of amidine groups is 1. The van der Waals surface area contributed by atoms with Crippen molar-refractivity contribution >= 4 is 29.2 Å². The van der Waals surface area contributed by atoms with Crippen molar-refractivity contribution in [3.05, 3.63) is 60.2 Å². The fourth-order valence-corrected chi connectivity index (χ4v) is 2.04. The van der Waals surface area contributed by atoms with Crippen LogP contribution in [-0.4, -0.2) is 43.4 Å². The van der Waals surface area contributed by atoms with Crippen molar-refractivity contribution in [2.45, 2.75) is 13.5 Å². The van der Waals surface area contributed by atoms with Crippen molar-refractivity contribution < 1.29 is 14.3 Å². The molecule has 0 heterocycles. The van der Waals surface area contributed by atoms with E-state index in [1.54, 1.807) is 12.1 Å². The first-order valence-electron chi connectivity index (χ1n) is 8.51. The predicted molar refractivity (Wildman–Crippen MR) is 106 cm³/mol. The minimum Gasteiger partial charge on any atom is -0.445 e. The van der Waals surface area contributed by atoms with Crippen LogP contribution in [0.3, 0.4) is 0 Å². The Hall–Kier alpha value is -3.35. The monoisotopic (exact) mass is 368 g/mol. The molecular formula is C20H24N4O3. The molecule has 7 heteroatoms. The maximum absolute atomic E-state index is 11.9. The van der Waals surface area contributed by atoms with Crippen molar-refractivity contribution in [3.8, 4) is 0 Å². The van der Waals surface area contributed by atoms with Gasteiger partial charge in [-0.3, -0.25) is 4.79 Å². The summed E-state index contributed by atoms with van der Waals surface area (Å²) < 4.78 is 5.05. The number of nitrogens with zero attached hydrogens (tertiary/aromatic N) is 2. The molecule has 27 heavy (non-hydrogen) atoms. The number of alkyl carbamates (subject to hydrolysis) is 1. The molecule has 0 saturated carbocycles. The third kappa shape index (κ3) is 7.19. The normalized spacial score (nSPS) is 10.9. The van der Waals surface area contributed by atoms with Gasteiger partial charge in [-0.05, 0) is 36.8 Å². The van der Waals surface area contributed by atoms with Gasteiger partial charge in [-0.15, -0.1) is 0 Å². The lowest BCUT2D eigenvalue weighted by molar-refractivity contribution is -0.115. The molecule has 0 fully saturated rings. The number of carbonyl (C=O) groups excluding carboxylic acids is 2. The standard InChI is InChI=1S/C20H24N4O3/c1-15(24(2)3)22-17-9-11-18(12-10-17)23-19(25)13-21-20(26)27-14-16-7-5-4-6-8-16/h4-12H,13-14H2,1-3H3,(H,21,26)(H,23,25). The van der Waals surface area contributed by atoms with Crippen LogP contribution < -0.4 is 10.6 Å². The van der Waals surface area contributed by atoms with E-state index in [9.17, 15) is 9.59 Å². The van der Waals surface area contributed by atoms with E-state index < -0.39 is 6.09 Å². The van der Waals surface area contributed by atoms with Gasteiger partial charge in [0.2, 0.25) is 5.91 Å². The molecule has 0 aromatic heterocycles. The van der Waals surface area contributed by atoms with Crippen molar-refractivity contribution in [2.75, 3.05) is 26.0 Å². The molecule has 0 spiro atoms. The number of rotatable bonds is 6. The third-order valence-corrected chi connectivity index (χ3v) is 3.70. The number of benzene rings is 2. The Morgan fingerprint density at radius 3 is 2.33 bits per heavy atom. The summed E-state index contributed by atoms with van der Waals surface area (Å²) in [5, 5.41) is 5.13. The molecule has 0 aliphatic carbocycles. The Bertz CT molecular complexity index is 787. The van der Waals surface area contributed by atoms with Crippen LogP contribution in [0.25, 0.3) is 0 Å². The molecule has 2 amide bonds. The molecule has 2 aromatic rings. The Balaban J connectivity index is 1.75. The molecule has 0 saturated heterocycles. The zero-order valence-electron chi connectivity index (χ0n) is 15.7. The zero-order valence-corrected chi connectivity index (χ0v) is 15.7. The largest absolute Gasteiger partial charge is 0.445 e. The minimum absolute atomic E-state index is 0.155. The second-order valence-electron chi connectivity index (χ2n) is 6.06. The van der Waals surface area contributed by atoms with Crippen LogP contribution in [0.4, 0.5) is 16.2 Å². The number of nitrogens with one attached hydrogen (secondary N) is 2. The van der Waals surface area contributed by atoms with Gasteiger partial charge in [0, 0.05) is 19.8 Å². The highest BCUT2D eigenvalue weighted by molar-refractivity contribution is 5.94. The van der Waals surface area contributed by atoms with Gasteiger partial charge in [0.05, 0.1) is 5.69 Å². The molecule has 2 aromatic carbocycles. The fourth-order valence-electron chi connectivity index (χ4n) is 2.04. The first-order chi connectivity index (χ1) is 12.9. The number of amides is 2. The van der Waals surface area contributed by atoms with Crippen molar-refractivity contribution in [1.82, 2.24) is 10.2 Å². The number of carbonyl (C=O) groups is 2. The van der Waals surface area contributed by atoms with Gasteiger partial charge in [0.25, 0.3) is 0 Å². The summed E-state index contributed by atoms with van der Waals surface area (Å²) in [5.74, 6) is 0.539. The molecule has 0 atom stereocenters. The Kier molecular flexibility index (Phi) is 7.37. The maximum Gasteiger partial charge on any atom is 0.407 e. The highest BCUT2D eigenvalue weighted by Gasteiger charge is 2.07. The molecule has 0 aliphatic heterocycles. The van der Waals surface area contributed by atoms with Gasteiger partial charge in [0.15, 0.2) is 0 Å². The minimum atomic E-state index is -0.641. The topological polar surface area (TPSA) is 83.0 Å². The first kappa shape index (κ1) is 20.0. The van der Waals surface area contributed by atoms with Crippen LogP contribution in [0.15, 0.2) is 59.6 Å². The summed E-state index contributed by atoms with van der Waals surface area (Å²) in [7, 11) is 3.84. The van der Waals surface area contributed by atoms with E-state index in [0.29, 0.717) is 5.69 Å². The Morgan fingerprint density at radius 2 is 1.70 bits per heavy atom. The van der Waals surface area contributed by atoms with E-state index in [1.807, 2.05) is 68.4 Å². The predicted octanol–water partition coefficient (Wildman–Crippen LogP) is 3.16. The Labute approximate surface area is 159 Å². The molecule has 0 aliphatic rings. The zero-order chi connectivity index (χ0) is 19.6. The molecule has 7 nitrogen and oxygen atoms in total. The lowest BCUT2D eigenvalue weighted by atomic mass is 10.2. The smallest absolute Gasteiger partial charge is 0.407 e. The van der Waals surface area contributed by atoms with Crippen LogP contribution in [0.1, 0.15) is 12.5 Å². The summed E-state index contributed by atoms with van der Waals surface area (Å²) in [4.78, 5) is 29.9. The van der Waals surface area contributed by atoms with Crippen LogP contribution >= 0.6 is 0 Å². The quantitative estimate of drug-likeness (QED) is 0.606. The highest BCUT2D eigenvalue weighted by Crippen LogP contribution is 2.16. The van der Waals surface area contributed by atoms with E-state index in [0.717, 1.165) is 17.1 Å². The molecule has 2 rings (SSSR count). The summed E-state index contributed by atoms with van der Waals surface area (Å²) in [6.45, 7) is 1.90. The lowest BCUT2D eigenvalue weighted by Gasteiger charge is -2.11. The van der Waals surface area contributed by atoms with Gasteiger partial charge in [-0.2, -0.15) is 0 Å². The molecule has 0 bridgehead atoms. The second-order valence-corrected chi connectivity index (χ2v) is 6.06. The Morgan fingerprint density at radius 1 is 1.04 bits per heavy atom. The highest BCUT2D eigenvalue weighted by atomic mass is 16.5. The van der Waals surface area contributed by atoms with Crippen LogP contribution in [0.2, 0.25) is 0 Å². The molecule has 0 radical (unpaired) electrons. The van der Waals surface area contributed by atoms with Crippen molar-refractivity contribution in [3.63, 3.8) is 0 Å².